The largest absolute Gasteiger partial charge is 0.383 e. The number of nitrogens with zero attached hydrogens (tertiary/aromatic N) is 2. The Kier molecular flexibility index (Phi) is 3.21. The fraction of sp³-hybridized carbons (Fsp3) is 0.600. The van der Waals surface area contributed by atoms with Gasteiger partial charge in [-0.15, -0.1) is 0 Å². The minimum atomic E-state index is -4.90. The van der Waals surface area contributed by atoms with Crippen LogP contribution in [0.4, 0.5) is 5.82 Å². The lowest BCUT2D eigenvalue weighted by molar-refractivity contribution is -0.129. The summed E-state index contributed by atoms with van der Waals surface area (Å²) in [5.74, 6) is -0.0585. The van der Waals surface area contributed by atoms with Gasteiger partial charge in [0.1, 0.15) is 24.1 Å². The first-order valence-corrected chi connectivity index (χ1v) is 7.66. The van der Waals surface area contributed by atoms with Crippen LogP contribution >= 0.6 is 7.60 Å². The molecule has 21 heavy (non-hydrogen) atoms. The van der Waals surface area contributed by atoms with E-state index in [4.69, 9.17) is 19.9 Å². The lowest BCUT2D eigenvalue weighted by atomic mass is 10.2. The van der Waals surface area contributed by atoms with E-state index in [0.29, 0.717) is 0 Å². The summed E-state index contributed by atoms with van der Waals surface area (Å²) in [6.07, 6.45) is -1.03. The summed E-state index contributed by atoms with van der Waals surface area (Å²) in [7, 11) is -3.48. The highest BCUT2D eigenvalue weighted by Gasteiger charge is 2.75. The van der Waals surface area contributed by atoms with Crippen molar-refractivity contribution in [3.05, 3.63) is 22.7 Å². The van der Waals surface area contributed by atoms with Crippen LogP contribution < -0.4 is 11.4 Å². The molecule has 0 amide bonds. The standard InChI is InChI=1S/C10H14N3O7P/c1-18-4-5-7-8(19-7)10(20-5,21(15,16)17)13-3-2-6(11)12-9(13)14/h2-3,5,7-8H,4H2,1H3,(H2,11,12,14)(H2,15,16,17)/t5-,7+,8+,10-/m1/s1. The van der Waals surface area contributed by atoms with Crippen molar-refractivity contribution in [2.45, 2.75) is 23.8 Å². The molecule has 1 aromatic heterocycles. The molecule has 0 spiro atoms. The third kappa shape index (κ3) is 2.03. The quantitative estimate of drug-likeness (QED) is 0.441. The molecular weight excluding hydrogens is 305 g/mol. The maximum atomic E-state index is 12.0. The number of rotatable bonds is 4. The van der Waals surface area contributed by atoms with Crippen molar-refractivity contribution in [2.75, 3.05) is 19.5 Å². The minimum Gasteiger partial charge on any atom is -0.383 e. The normalized spacial score (nSPS) is 34.7. The zero-order valence-electron chi connectivity index (χ0n) is 10.9. The molecule has 116 valence electrons. The predicted molar refractivity (Wildman–Crippen MR) is 68.3 cm³/mol. The zero-order chi connectivity index (χ0) is 15.4. The van der Waals surface area contributed by atoms with E-state index in [0.717, 1.165) is 10.8 Å². The van der Waals surface area contributed by atoms with Crippen LogP contribution in [0.3, 0.4) is 0 Å². The smallest absolute Gasteiger partial charge is 0.381 e. The van der Waals surface area contributed by atoms with Gasteiger partial charge in [0.25, 0.3) is 5.47 Å². The van der Waals surface area contributed by atoms with Crippen LogP contribution in [0.5, 0.6) is 0 Å². The lowest BCUT2D eigenvalue weighted by Crippen LogP contribution is -2.47. The van der Waals surface area contributed by atoms with Gasteiger partial charge in [0.05, 0.1) is 6.61 Å². The fourth-order valence-electron chi connectivity index (χ4n) is 2.59. The summed E-state index contributed by atoms with van der Waals surface area (Å²) < 4.78 is 28.5. The van der Waals surface area contributed by atoms with E-state index in [1.807, 2.05) is 0 Å². The van der Waals surface area contributed by atoms with Gasteiger partial charge in [0.15, 0.2) is 0 Å². The van der Waals surface area contributed by atoms with Crippen LogP contribution in [0.15, 0.2) is 17.1 Å². The van der Waals surface area contributed by atoms with Crippen molar-refractivity contribution in [3.8, 4) is 0 Å². The van der Waals surface area contributed by atoms with Gasteiger partial charge in [-0.3, -0.25) is 9.13 Å². The molecule has 0 aromatic carbocycles. The number of epoxide rings is 1. The molecule has 4 atom stereocenters. The van der Waals surface area contributed by atoms with Crippen molar-refractivity contribution >= 4 is 13.4 Å². The van der Waals surface area contributed by atoms with Gasteiger partial charge in [-0.25, -0.2) is 4.79 Å². The highest BCUT2D eigenvalue weighted by molar-refractivity contribution is 7.52. The molecule has 2 aliphatic heterocycles. The van der Waals surface area contributed by atoms with Crippen LogP contribution in [-0.4, -0.2) is 51.4 Å². The Morgan fingerprint density at radius 3 is 2.90 bits per heavy atom. The average Bonchev–Trinajstić information content (AvgIpc) is 3.09. The number of nitrogen functional groups attached to an aromatic ring is 1. The number of hydrogen-bond acceptors (Lipinski definition) is 7. The molecule has 11 heteroatoms. The third-order valence-electron chi connectivity index (χ3n) is 3.51. The number of fused-ring (bicyclic) bond motifs is 1. The highest BCUT2D eigenvalue weighted by Crippen LogP contribution is 2.66. The molecule has 3 rings (SSSR count). The maximum absolute atomic E-state index is 12.0. The number of hydrogen-bond donors (Lipinski definition) is 3. The maximum Gasteiger partial charge on any atom is 0.381 e. The van der Waals surface area contributed by atoms with Gasteiger partial charge < -0.3 is 29.7 Å². The van der Waals surface area contributed by atoms with Crippen LogP contribution in [0.25, 0.3) is 0 Å². The minimum absolute atomic E-state index is 0.0585. The van der Waals surface area contributed by atoms with Crippen molar-refractivity contribution in [3.63, 3.8) is 0 Å². The van der Waals surface area contributed by atoms with Gasteiger partial charge in [-0.1, -0.05) is 0 Å². The Labute approximate surface area is 118 Å². The average molecular weight is 319 g/mol. The molecule has 3 heterocycles. The van der Waals surface area contributed by atoms with E-state index in [2.05, 4.69) is 4.98 Å². The molecule has 0 saturated carbocycles. The molecule has 0 unspecified atom stereocenters. The van der Waals surface area contributed by atoms with Gasteiger partial charge >= 0.3 is 13.3 Å². The highest BCUT2D eigenvalue weighted by atomic mass is 31.2. The number of anilines is 1. The topological polar surface area (TPSA) is 149 Å². The number of aromatic nitrogens is 2. The summed E-state index contributed by atoms with van der Waals surface area (Å²) in [5.41, 5.74) is 2.23. The van der Waals surface area contributed by atoms with Crippen LogP contribution in [0.1, 0.15) is 0 Å². The molecule has 2 aliphatic rings. The second-order valence-corrected chi connectivity index (χ2v) is 6.57. The van der Waals surface area contributed by atoms with E-state index in [-0.39, 0.29) is 12.4 Å². The zero-order valence-corrected chi connectivity index (χ0v) is 11.8. The second-order valence-electron chi connectivity index (χ2n) is 4.84. The Bertz CT molecular complexity index is 673. The van der Waals surface area contributed by atoms with Crippen LogP contribution in [-0.2, 0) is 24.2 Å². The summed E-state index contributed by atoms with van der Waals surface area (Å²) >= 11 is 0. The summed E-state index contributed by atoms with van der Waals surface area (Å²) in [6.45, 7) is 0.0834. The third-order valence-corrected chi connectivity index (χ3v) is 4.92. The van der Waals surface area contributed by atoms with Gasteiger partial charge in [0, 0.05) is 13.3 Å². The molecule has 2 saturated heterocycles. The number of ether oxygens (including phenoxy) is 3. The molecule has 0 bridgehead atoms. The van der Waals surface area contributed by atoms with Crippen LogP contribution in [0.2, 0.25) is 0 Å². The summed E-state index contributed by atoms with van der Waals surface area (Å²) in [5, 5.41) is 0. The Morgan fingerprint density at radius 1 is 1.62 bits per heavy atom. The van der Waals surface area contributed by atoms with Crippen molar-refractivity contribution in [1.29, 1.82) is 0 Å². The Balaban J connectivity index is 2.13. The number of nitrogens with two attached hydrogens (primary N) is 1. The Hall–Kier alpha value is -1.29. The van der Waals surface area contributed by atoms with Crippen molar-refractivity contribution < 1.29 is 28.6 Å². The number of methoxy groups -OCH3 is 1. The molecular formula is C10H14N3O7P. The van der Waals surface area contributed by atoms with E-state index in [9.17, 15) is 19.1 Å². The predicted octanol–water partition coefficient (Wildman–Crippen LogP) is -1.57. The SMILES string of the molecule is COC[C@H]1O[C@@](n2ccc(N)nc2=O)(P(=O)(O)O)[C@H]2O[C@@H]12. The van der Waals surface area contributed by atoms with Gasteiger partial charge in [0.2, 0.25) is 0 Å². The first kappa shape index (κ1) is 14.6. The van der Waals surface area contributed by atoms with E-state index in [1.165, 1.54) is 13.2 Å². The van der Waals surface area contributed by atoms with E-state index >= 15 is 0 Å². The van der Waals surface area contributed by atoms with Gasteiger partial charge in [-0.05, 0) is 6.07 Å². The van der Waals surface area contributed by atoms with E-state index in [1.54, 1.807) is 0 Å². The fourth-order valence-corrected chi connectivity index (χ4v) is 3.83. The van der Waals surface area contributed by atoms with Crippen LogP contribution in [0, 0.1) is 0 Å². The molecule has 4 N–H and O–H groups in total. The summed E-state index contributed by atoms with van der Waals surface area (Å²) in [4.78, 5) is 34.9. The first-order chi connectivity index (χ1) is 9.81. The molecule has 1 aromatic rings. The molecule has 10 nitrogen and oxygen atoms in total. The Morgan fingerprint density at radius 2 is 2.33 bits per heavy atom. The first-order valence-electron chi connectivity index (χ1n) is 6.05. The summed E-state index contributed by atoms with van der Waals surface area (Å²) in [6, 6.07) is 1.25. The second kappa shape index (κ2) is 4.60. The molecule has 0 aliphatic carbocycles. The van der Waals surface area contributed by atoms with E-state index < -0.39 is 37.1 Å². The molecule has 2 fully saturated rings. The monoisotopic (exact) mass is 319 g/mol. The van der Waals surface area contributed by atoms with Crippen molar-refractivity contribution in [1.82, 2.24) is 9.55 Å². The molecule has 0 radical (unpaired) electrons. The van der Waals surface area contributed by atoms with Crippen molar-refractivity contribution in [2.24, 2.45) is 0 Å². The van der Waals surface area contributed by atoms with Gasteiger partial charge in [-0.2, -0.15) is 4.98 Å². The lowest BCUT2D eigenvalue weighted by Gasteiger charge is -2.33.